The Kier molecular flexibility index (Phi) is 6.96. The predicted molar refractivity (Wildman–Crippen MR) is 132 cm³/mol. The van der Waals surface area contributed by atoms with Crippen molar-refractivity contribution in [1.29, 1.82) is 0 Å². The van der Waals surface area contributed by atoms with E-state index in [-0.39, 0.29) is 28.5 Å². The number of nitrogens with zero attached hydrogens (tertiary/aromatic N) is 5. The molecule has 4 aromatic rings. The predicted octanol–water partition coefficient (Wildman–Crippen LogP) is 4.55. The number of aromatic nitrogens is 5. The van der Waals surface area contributed by atoms with Gasteiger partial charge in [-0.2, -0.15) is 4.98 Å². The Labute approximate surface area is 213 Å². The van der Waals surface area contributed by atoms with E-state index in [0.29, 0.717) is 23.3 Å². The molecule has 0 saturated heterocycles. The molecule has 0 fully saturated rings. The van der Waals surface area contributed by atoms with Gasteiger partial charge in [-0.3, -0.25) is 14.3 Å². The molecule has 4 rings (SSSR count). The Hall–Kier alpha value is -3.57. The smallest absolute Gasteiger partial charge is 0.276 e. The average Bonchev–Trinajstić information content (AvgIpc) is 2.81. The number of ether oxygens (including phenoxy) is 1. The van der Waals surface area contributed by atoms with E-state index in [1.165, 1.54) is 4.57 Å². The first-order chi connectivity index (χ1) is 17.0. The first-order valence-corrected chi connectivity index (χ1v) is 11.6. The molecule has 0 aliphatic heterocycles. The molecule has 0 spiro atoms. The highest BCUT2D eigenvalue weighted by molar-refractivity contribution is 9.10. The zero-order valence-corrected chi connectivity index (χ0v) is 21.5. The van der Waals surface area contributed by atoms with Gasteiger partial charge in [0.25, 0.3) is 5.56 Å². The number of halogens is 3. The van der Waals surface area contributed by atoms with Crippen molar-refractivity contribution in [2.45, 2.75) is 39.9 Å². The molecule has 0 radical (unpaired) electrons. The Morgan fingerprint density at radius 3 is 2.56 bits per heavy atom. The van der Waals surface area contributed by atoms with E-state index in [9.17, 15) is 18.7 Å². The minimum absolute atomic E-state index is 0.0311. The van der Waals surface area contributed by atoms with Crippen molar-refractivity contribution in [2.75, 3.05) is 0 Å². The number of hydrogen-bond acceptors (Lipinski definition) is 7. The van der Waals surface area contributed by atoms with Crippen molar-refractivity contribution in [3.8, 4) is 22.8 Å². The molecule has 36 heavy (non-hydrogen) atoms. The van der Waals surface area contributed by atoms with Crippen LogP contribution in [0.4, 0.5) is 8.78 Å². The second kappa shape index (κ2) is 9.82. The number of pyridine rings is 1. The van der Waals surface area contributed by atoms with Gasteiger partial charge in [-0.25, -0.2) is 18.7 Å². The van der Waals surface area contributed by atoms with E-state index < -0.39 is 22.8 Å². The van der Waals surface area contributed by atoms with Crippen LogP contribution in [0, 0.1) is 25.5 Å². The van der Waals surface area contributed by atoms with Crippen LogP contribution < -0.4 is 10.3 Å². The Balaban J connectivity index is 1.70. The fourth-order valence-electron chi connectivity index (χ4n) is 3.49. The van der Waals surface area contributed by atoms with Gasteiger partial charge >= 0.3 is 0 Å². The Bertz CT molecular complexity index is 1520. The topological polar surface area (TPSA) is 103 Å². The number of rotatable bonds is 6. The number of hydrogen-bond donors (Lipinski definition) is 1. The third-order valence-corrected chi connectivity index (χ3v) is 5.97. The van der Waals surface area contributed by atoms with Gasteiger partial charge < -0.3 is 9.84 Å². The number of aryl methyl sites for hydroxylation is 2. The molecule has 186 valence electrons. The SMILES string of the molecule is Cc1cnc(C(C)(C)O)nc1-c1cccc(-n2c(C)nc(OCc3ncc(F)cc3F)c(Br)c2=O)c1. The maximum absolute atomic E-state index is 13.9. The van der Waals surface area contributed by atoms with Crippen LogP contribution in [0.3, 0.4) is 0 Å². The normalized spacial score (nSPS) is 11.6. The summed E-state index contributed by atoms with van der Waals surface area (Å²) in [4.78, 5) is 30.0. The molecule has 0 amide bonds. The van der Waals surface area contributed by atoms with Gasteiger partial charge in [0.1, 0.15) is 34.0 Å². The highest BCUT2D eigenvalue weighted by Gasteiger charge is 2.22. The fraction of sp³-hybridized carbons (Fsp3) is 0.240. The van der Waals surface area contributed by atoms with Gasteiger partial charge in [-0.15, -0.1) is 0 Å². The van der Waals surface area contributed by atoms with Crippen LogP contribution in [-0.2, 0) is 12.2 Å². The second-order valence-corrected chi connectivity index (χ2v) is 9.42. The van der Waals surface area contributed by atoms with Crippen molar-refractivity contribution in [3.63, 3.8) is 0 Å². The van der Waals surface area contributed by atoms with Crippen molar-refractivity contribution in [3.05, 3.63) is 92.1 Å². The zero-order valence-electron chi connectivity index (χ0n) is 19.9. The molecule has 3 aromatic heterocycles. The highest BCUT2D eigenvalue weighted by atomic mass is 79.9. The minimum Gasteiger partial charge on any atom is -0.470 e. The summed E-state index contributed by atoms with van der Waals surface area (Å²) < 4.78 is 33.9. The van der Waals surface area contributed by atoms with Gasteiger partial charge in [-0.05, 0) is 61.3 Å². The number of benzene rings is 1. The van der Waals surface area contributed by atoms with Crippen LogP contribution in [0.25, 0.3) is 16.9 Å². The maximum atomic E-state index is 13.9. The molecule has 3 heterocycles. The third-order valence-electron chi connectivity index (χ3n) is 5.29. The molecule has 1 aromatic carbocycles. The first-order valence-electron chi connectivity index (χ1n) is 10.8. The first kappa shape index (κ1) is 25.5. The van der Waals surface area contributed by atoms with Crippen LogP contribution in [0.2, 0.25) is 0 Å². The summed E-state index contributed by atoms with van der Waals surface area (Å²) in [6, 6.07) is 7.86. The molecule has 0 aliphatic carbocycles. The summed E-state index contributed by atoms with van der Waals surface area (Å²) in [5.74, 6) is -1.11. The summed E-state index contributed by atoms with van der Waals surface area (Å²) in [6.07, 6.45) is 2.52. The molecule has 0 atom stereocenters. The van der Waals surface area contributed by atoms with E-state index in [2.05, 4.69) is 35.9 Å². The summed E-state index contributed by atoms with van der Waals surface area (Å²) in [6.45, 7) is 6.36. The second-order valence-electron chi connectivity index (χ2n) is 8.62. The molecular weight excluding hydrogens is 536 g/mol. The molecule has 11 heteroatoms. The number of aliphatic hydroxyl groups is 1. The van der Waals surface area contributed by atoms with Gasteiger partial charge in [0.2, 0.25) is 5.88 Å². The molecule has 0 bridgehead atoms. The Morgan fingerprint density at radius 1 is 1.11 bits per heavy atom. The third kappa shape index (κ3) is 5.17. The van der Waals surface area contributed by atoms with Crippen LogP contribution in [0.5, 0.6) is 5.88 Å². The lowest BCUT2D eigenvalue weighted by molar-refractivity contribution is 0.0688. The lowest BCUT2D eigenvalue weighted by atomic mass is 10.0. The lowest BCUT2D eigenvalue weighted by Gasteiger charge is -2.18. The van der Waals surface area contributed by atoms with Gasteiger partial charge in [-0.1, -0.05) is 12.1 Å². The van der Waals surface area contributed by atoms with E-state index >= 15 is 0 Å². The minimum atomic E-state index is -1.22. The molecule has 8 nitrogen and oxygen atoms in total. The van der Waals surface area contributed by atoms with Crippen molar-refractivity contribution < 1.29 is 18.6 Å². The molecule has 0 unspecified atom stereocenters. The van der Waals surface area contributed by atoms with Crippen LogP contribution in [0.1, 0.15) is 36.8 Å². The Morgan fingerprint density at radius 2 is 1.86 bits per heavy atom. The zero-order chi connectivity index (χ0) is 26.2. The van der Waals surface area contributed by atoms with Crippen molar-refractivity contribution >= 4 is 15.9 Å². The molecule has 0 saturated carbocycles. The standard InChI is InChI=1S/C25H22BrF2N5O3/c1-13-10-30-24(25(3,4)35)32-21(13)15-6-5-7-17(8-15)33-14(2)31-22(20(26)23(33)34)36-12-19-18(28)9-16(27)11-29-19/h5-11,35H,12H2,1-4H3. The highest BCUT2D eigenvalue weighted by Crippen LogP contribution is 2.27. The van der Waals surface area contributed by atoms with Crippen LogP contribution in [-0.4, -0.2) is 29.6 Å². The van der Waals surface area contributed by atoms with E-state index in [0.717, 1.165) is 17.3 Å². The van der Waals surface area contributed by atoms with Crippen molar-refractivity contribution in [1.82, 2.24) is 24.5 Å². The largest absolute Gasteiger partial charge is 0.470 e. The fourth-order valence-corrected chi connectivity index (χ4v) is 3.87. The van der Waals surface area contributed by atoms with E-state index in [1.54, 1.807) is 45.2 Å². The quantitative estimate of drug-likeness (QED) is 0.371. The van der Waals surface area contributed by atoms with Crippen LogP contribution >= 0.6 is 15.9 Å². The van der Waals surface area contributed by atoms with Crippen molar-refractivity contribution in [2.24, 2.45) is 0 Å². The summed E-state index contributed by atoms with van der Waals surface area (Å²) in [5.41, 5.74) is 0.889. The molecule has 1 N–H and O–H groups in total. The summed E-state index contributed by atoms with van der Waals surface area (Å²) in [7, 11) is 0. The van der Waals surface area contributed by atoms with E-state index in [1.807, 2.05) is 13.0 Å². The summed E-state index contributed by atoms with van der Waals surface area (Å²) >= 11 is 3.23. The van der Waals surface area contributed by atoms with Crippen LogP contribution in [0.15, 0.2) is 52.0 Å². The summed E-state index contributed by atoms with van der Waals surface area (Å²) in [5, 5.41) is 10.3. The maximum Gasteiger partial charge on any atom is 0.276 e. The molecule has 0 aliphatic rings. The lowest BCUT2D eigenvalue weighted by Crippen LogP contribution is -2.24. The monoisotopic (exact) mass is 557 g/mol. The van der Waals surface area contributed by atoms with Gasteiger partial charge in [0, 0.05) is 17.8 Å². The molecular formula is C25H22BrF2N5O3. The van der Waals surface area contributed by atoms with Gasteiger partial charge in [0.15, 0.2) is 11.6 Å². The van der Waals surface area contributed by atoms with E-state index in [4.69, 9.17) is 4.74 Å². The average molecular weight is 558 g/mol. The van der Waals surface area contributed by atoms with Gasteiger partial charge in [0.05, 0.1) is 17.6 Å².